The average molecular weight is 329 g/mol. The highest BCUT2D eigenvalue weighted by Crippen LogP contribution is 1.94. The minimum atomic E-state index is -0.0491. The molecule has 0 bridgehead atoms. The van der Waals surface area contributed by atoms with Gasteiger partial charge >= 0.3 is 0 Å². The van der Waals surface area contributed by atoms with Gasteiger partial charge in [0.1, 0.15) is 0 Å². The topological polar surface area (TPSA) is 103 Å². The summed E-state index contributed by atoms with van der Waals surface area (Å²) in [6.45, 7) is 7.26. The number of carbonyl (C=O) groups excluding carboxylic acids is 3. The largest absolute Gasteiger partial charge is 0.356 e. The summed E-state index contributed by atoms with van der Waals surface area (Å²) in [6.07, 6.45) is 1.56. The van der Waals surface area contributed by atoms with Crippen molar-refractivity contribution in [1.29, 1.82) is 0 Å². The molecule has 0 aliphatic rings. The number of hydrogen-bond donors (Lipinski definition) is 4. The molecule has 8 heteroatoms. The third-order valence-corrected chi connectivity index (χ3v) is 3.11. The Kier molecular flexibility index (Phi) is 12.9. The predicted octanol–water partition coefficient (Wildman–Crippen LogP) is -1.32. The van der Waals surface area contributed by atoms with E-state index in [0.29, 0.717) is 26.2 Å². The Bertz CT molecular complexity index is 341. The number of hydrogen-bond acceptors (Lipinski definition) is 5. The second kappa shape index (κ2) is 14.0. The summed E-state index contributed by atoms with van der Waals surface area (Å²) in [5, 5.41) is 11.3. The zero-order valence-electron chi connectivity index (χ0n) is 14.5. The molecule has 0 aliphatic carbocycles. The Labute approximate surface area is 138 Å². The van der Waals surface area contributed by atoms with Crippen molar-refractivity contribution >= 4 is 17.7 Å². The molecule has 0 saturated carbocycles. The summed E-state index contributed by atoms with van der Waals surface area (Å²) < 4.78 is 0. The van der Waals surface area contributed by atoms with Crippen LogP contribution in [0.2, 0.25) is 0 Å². The maximum absolute atomic E-state index is 11.9. The lowest BCUT2D eigenvalue weighted by Gasteiger charge is -2.22. The van der Waals surface area contributed by atoms with Crippen molar-refractivity contribution in [2.75, 3.05) is 52.9 Å². The fourth-order valence-electron chi connectivity index (χ4n) is 1.99. The third-order valence-electron chi connectivity index (χ3n) is 3.11. The van der Waals surface area contributed by atoms with Crippen LogP contribution in [0.3, 0.4) is 0 Å². The normalized spacial score (nSPS) is 10.4. The molecule has 0 rings (SSSR count). The van der Waals surface area contributed by atoms with Gasteiger partial charge in [0, 0.05) is 53.1 Å². The van der Waals surface area contributed by atoms with Gasteiger partial charge in [0.2, 0.25) is 17.7 Å². The monoisotopic (exact) mass is 329 g/mol. The van der Waals surface area contributed by atoms with Crippen molar-refractivity contribution < 1.29 is 14.4 Å². The quantitative estimate of drug-likeness (QED) is 0.314. The first-order valence-corrected chi connectivity index (χ1v) is 8.08. The van der Waals surface area contributed by atoms with Crippen LogP contribution in [0.1, 0.15) is 26.7 Å². The zero-order valence-corrected chi connectivity index (χ0v) is 14.5. The van der Waals surface area contributed by atoms with Crippen LogP contribution in [0.5, 0.6) is 0 Å². The van der Waals surface area contributed by atoms with Crippen molar-refractivity contribution in [3.8, 4) is 0 Å². The SMILES string of the molecule is CNCCNC(=O)CN(CCCNC(C)=O)CCCNC(C)=O. The molecule has 134 valence electrons. The van der Waals surface area contributed by atoms with Crippen molar-refractivity contribution in [2.24, 2.45) is 0 Å². The molecule has 0 saturated heterocycles. The standard InChI is InChI=1S/C15H31N5O3/c1-13(21)17-6-4-10-20(11-5-7-18-14(2)22)12-15(23)19-9-8-16-3/h16H,4-12H2,1-3H3,(H,17,21)(H,18,22)(H,19,23). The molecule has 8 nitrogen and oxygen atoms in total. The Morgan fingerprint density at radius 2 is 1.30 bits per heavy atom. The molecule has 0 unspecified atom stereocenters. The first-order valence-electron chi connectivity index (χ1n) is 8.08. The number of rotatable bonds is 13. The van der Waals surface area contributed by atoms with E-state index in [4.69, 9.17) is 0 Å². The van der Waals surface area contributed by atoms with Crippen LogP contribution in [-0.2, 0) is 14.4 Å². The van der Waals surface area contributed by atoms with Gasteiger partial charge in [0.05, 0.1) is 6.54 Å². The highest BCUT2D eigenvalue weighted by atomic mass is 16.2. The number of amides is 3. The maximum atomic E-state index is 11.9. The smallest absolute Gasteiger partial charge is 0.234 e. The summed E-state index contributed by atoms with van der Waals surface area (Å²) >= 11 is 0. The molecule has 0 aromatic heterocycles. The molecule has 0 spiro atoms. The highest BCUT2D eigenvalue weighted by molar-refractivity contribution is 5.78. The fourth-order valence-corrected chi connectivity index (χ4v) is 1.99. The molecular formula is C15H31N5O3. The second-order valence-corrected chi connectivity index (χ2v) is 5.40. The first-order chi connectivity index (χ1) is 11.0. The molecule has 3 amide bonds. The Hall–Kier alpha value is -1.67. The molecule has 0 aliphatic heterocycles. The van der Waals surface area contributed by atoms with Crippen LogP contribution in [0, 0.1) is 0 Å². The van der Waals surface area contributed by atoms with Gasteiger partial charge in [0.25, 0.3) is 0 Å². The lowest BCUT2D eigenvalue weighted by Crippen LogP contribution is -2.41. The lowest BCUT2D eigenvalue weighted by molar-refractivity contribution is -0.122. The summed E-state index contributed by atoms with van der Waals surface area (Å²) in [4.78, 5) is 35.6. The summed E-state index contributed by atoms with van der Waals surface area (Å²) in [5.41, 5.74) is 0. The number of nitrogens with zero attached hydrogens (tertiary/aromatic N) is 1. The van der Waals surface area contributed by atoms with Gasteiger partial charge in [-0.3, -0.25) is 19.3 Å². The summed E-state index contributed by atoms with van der Waals surface area (Å²) in [6, 6.07) is 0. The van der Waals surface area contributed by atoms with Gasteiger partial charge in [0.15, 0.2) is 0 Å². The summed E-state index contributed by atoms with van der Waals surface area (Å²) in [7, 11) is 1.84. The van der Waals surface area contributed by atoms with E-state index in [1.807, 2.05) is 11.9 Å². The molecule has 0 fully saturated rings. The van der Waals surface area contributed by atoms with E-state index in [2.05, 4.69) is 21.3 Å². The molecule has 4 N–H and O–H groups in total. The van der Waals surface area contributed by atoms with E-state index in [1.165, 1.54) is 13.8 Å². The number of nitrogens with one attached hydrogen (secondary N) is 4. The lowest BCUT2D eigenvalue weighted by atomic mass is 10.3. The van der Waals surface area contributed by atoms with E-state index in [0.717, 1.165) is 32.5 Å². The minimum absolute atomic E-state index is 0.0145. The van der Waals surface area contributed by atoms with E-state index in [9.17, 15) is 14.4 Å². The van der Waals surface area contributed by atoms with Crippen LogP contribution in [-0.4, -0.2) is 75.5 Å². The van der Waals surface area contributed by atoms with Gasteiger partial charge < -0.3 is 21.3 Å². The van der Waals surface area contributed by atoms with Gasteiger partial charge in [-0.1, -0.05) is 0 Å². The third kappa shape index (κ3) is 15.0. The van der Waals surface area contributed by atoms with Gasteiger partial charge in [-0.15, -0.1) is 0 Å². The maximum Gasteiger partial charge on any atom is 0.234 e. The van der Waals surface area contributed by atoms with Crippen molar-refractivity contribution in [2.45, 2.75) is 26.7 Å². The minimum Gasteiger partial charge on any atom is -0.356 e. The van der Waals surface area contributed by atoms with E-state index >= 15 is 0 Å². The van der Waals surface area contributed by atoms with Crippen LogP contribution < -0.4 is 21.3 Å². The molecule has 0 aromatic carbocycles. The van der Waals surface area contributed by atoms with Gasteiger partial charge in [-0.05, 0) is 19.9 Å². The van der Waals surface area contributed by atoms with Gasteiger partial charge in [-0.25, -0.2) is 0 Å². The Morgan fingerprint density at radius 1 is 0.783 bits per heavy atom. The van der Waals surface area contributed by atoms with Crippen molar-refractivity contribution in [3.05, 3.63) is 0 Å². The molecule has 23 heavy (non-hydrogen) atoms. The molecule has 0 atom stereocenters. The van der Waals surface area contributed by atoms with Gasteiger partial charge in [-0.2, -0.15) is 0 Å². The van der Waals surface area contributed by atoms with Crippen molar-refractivity contribution in [1.82, 2.24) is 26.2 Å². The van der Waals surface area contributed by atoms with Crippen LogP contribution >= 0.6 is 0 Å². The Balaban J connectivity index is 4.10. The van der Waals surface area contributed by atoms with Crippen LogP contribution in [0.15, 0.2) is 0 Å². The molecule has 0 aromatic rings. The number of likely N-dealkylation sites (N-methyl/N-ethyl adjacent to an activating group) is 1. The second-order valence-electron chi connectivity index (χ2n) is 5.40. The highest BCUT2D eigenvalue weighted by Gasteiger charge is 2.10. The Morgan fingerprint density at radius 3 is 1.74 bits per heavy atom. The van der Waals surface area contributed by atoms with Crippen LogP contribution in [0.25, 0.3) is 0 Å². The average Bonchev–Trinajstić information content (AvgIpc) is 2.47. The first kappa shape index (κ1) is 21.3. The molecular weight excluding hydrogens is 298 g/mol. The van der Waals surface area contributed by atoms with E-state index in [-0.39, 0.29) is 17.7 Å². The predicted molar refractivity (Wildman–Crippen MR) is 90.0 cm³/mol. The van der Waals surface area contributed by atoms with Crippen molar-refractivity contribution in [3.63, 3.8) is 0 Å². The summed E-state index contributed by atoms with van der Waals surface area (Å²) in [5.74, 6) is -0.113. The molecule has 0 radical (unpaired) electrons. The number of carbonyl (C=O) groups is 3. The van der Waals surface area contributed by atoms with Crippen LogP contribution in [0.4, 0.5) is 0 Å². The molecule has 0 heterocycles. The zero-order chi connectivity index (χ0) is 17.5. The van der Waals surface area contributed by atoms with E-state index < -0.39 is 0 Å². The van der Waals surface area contributed by atoms with E-state index in [1.54, 1.807) is 0 Å². The fraction of sp³-hybridized carbons (Fsp3) is 0.800.